The zero-order valence-corrected chi connectivity index (χ0v) is 18.2. The topological polar surface area (TPSA) is 45.1 Å². The van der Waals surface area contributed by atoms with Gasteiger partial charge in [-0.1, -0.05) is 18.2 Å². The van der Waals surface area contributed by atoms with Crippen LogP contribution in [-0.2, 0) is 11.0 Å². The molecule has 2 aliphatic rings. The molecule has 2 aromatic carbocycles. The molecule has 9 heteroatoms. The molecule has 0 saturated carbocycles. The molecule has 2 heterocycles. The summed E-state index contributed by atoms with van der Waals surface area (Å²) in [5.41, 5.74) is 0.783. The molecule has 0 bridgehead atoms. The summed E-state index contributed by atoms with van der Waals surface area (Å²) in [7, 11) is 0. The average molecular weight is 462 g/mol. The van der Waals surface area contributed by atoms with Crippen LogP contribution in [0.25, 0.3) is 6.08 Å². The van der Waals surface area contributed by atoms with Gasteiger partial charge in [-0.05, 0) is 60.7 Å². The number of piperazine rings is 1. The second kappa shape index (κ2) is 9.28. The monoisotopic (exact) mass is 461 g/mol. The Balaban J connectivity index is 1.37. The van der Waals surface area contributed by atoms with E-state index in [0.717, 1.165) is 17.4 Å². The van der Waals surface area contributed by atoms with Crippen LogP contribution >= 0.6 is 11.8 Å². The number of carbonyl (C=O) groups excluding carboxylic acids is 1. The number of halogens is 3. The van der Waals surface area contributed by atoms with E-state index in [4.69, 9.17) is 4.74 Å². The third-order valence-electron chi connectivity index (χ3n) is 5.19. The molecule has 1 fully saturated rings. The lowest BCUT2D eigenvalue weighted by Crippen LogP contribution is -2.47. The second-order valence-electron chi connectivity index (χ2n) is 7.33. The van der Waals surface area contributed by atoms with Crippen LogP contribution in [0.2, 0.25) is 0 Å². The summed E-state index contributed by atoms with van der Waals surface area (Å²) >= 11 is 1.33. The Morgan fingerprint density at radius 1 is 1.06 bits per heavy atom. The maximum atomic E-state index is 13.0. The van der Waals surface area contributed by atoms with Crippen LogP contribution in [0.4, 0.5) is 18.9 Å². The Labute approximate surface area is 188 Å². The fourth-order valence-corrected chi connectivity index (χ4v) is 4.51. The number of carbonyl (C=O) groups is 1. The Morgan fingerprint density at radius 3 is 2.41 bits per heavy atom. The van der Waals surface area contributed by atoms with Crippen LogP contribution < -0.4 is 9.64 Å². The van der Waals surface area contributed by atoms with Crippen molar-refractivity contribution in [2.45, 2.75) is 13.1 Å². The van der Waals surface area contributed by atoms with E-state index >= 15 is 0 Å². The first-order valence-corrected chi connectivity index (χ1v) is 11.1. The van der Waals surface area contributed by atoms with Gasteiger partial charge in [0.25, 0.3) is 5.91 Å². The highest BCUT2D eigenvalue weighted by Crippen LogP contribution is 2.33. The number of rotatable bonds is 4. The lowest BCUT2D eigenvalue weighted by atomic mass is 10.1. The normalized spacial score (nSPS) is 18.3. The van der Waals surface area contributed by atoms with Gasteiger partial charge in [0, 0.05) is 31.9 Å². The van der Waals surface area contributed by atoms with Crippen molar-refractivity contribution >= 4 is 34.6 Å². The number of benzene rings is 2. The van der Waals surface area contributed by atoms with E-state index in [9.17, 15) is 18.0 Å². The molecular formula is C23H22F3N3O2S. The van der Waals surface area contributed by atoms with Gasteiger partial charge in [-0.25, -0.2) is 0 Å². The second-order valence-corrected chi connectivity index (χ2v) is 8.34. The summed E-state index contributed by atoms with van der Waals surface area (Å²) in [4.78, 5) is 21.0. The summed E-state index contributed by atoms with van der Waals surface area (Å²) in [5.74, 6) is 0.495. The molecule has 2 aliphatic heterocycles. The van der Waals surface area contributed by atoms with Gasteiger partial charge in [0.05, 0.1) is 17.1 Å². The molecule has 1 amide bonds. The molecule has 0 spiro atoms. The molecule has 0 aromatic heterocycles. The molecule has 0 radical (unpaired) electrons. The van der Waals surface area contributed by atoms with Gasteiger partial charge in [-0.3, -0.25) is 4.79 Å². The largest absolute Gasteiger partial charge is 0.494 e. The molecule has 5 nitrogen and oxygen atoms in total. The predicted octanol–water partition coefficient (Wildman–Crippen LogP) is 4.90. The number of nitrogens with zero attached hydrogens (tertiary/aromatic N) is 3. The first kappa shape index (κ1) is 22.3. The Bertz CT molecular complexity index is 1040. The van der Waals surface area contributed by atoms with Crippen LogP contribution in [0.5, 0.6) is 5.75 Å². The number of anilines is 1. The standard InChI is InChI=1S/C23H22F3N3O2S/c1-2-31-19-8-6-16(7-9-19)14-20-21(30)27-22(32-20)29-12-10-28(11-13-29)18-5-3-4-17(15-18)23(24,25)26/h3-9,14-15H,2,10-13H2,1H3/b20-14+. The molecule has 2 aromatic rings. The Hall–Kier alpha value is -2.94. The van der Waals surface area contributed by atoms with E-state index in [1.807, 2.05) is 41.0 Å². The minimum atomic E-state index is -4.36. The van der Waals surface area contributed by atoms with E-state index in [1.165, 1.54) is 23.9 Å². The Kier molecular flexibility index (Phi) is 6.45. The van der Waals surface area contributed by atoms with E-state index in [2.05, 4.69) is 4.99 Å². The molecule has 0 unspecified atom stereocenters. The summed E-state index contributed by atoms with van der Waals surface area (Å²) < 4.78 is 44.4. The minimum Gasteiger partial charge on any atom is -0.494 e. The molecule has 168 valence electrons. The van der Waals surface area contributed by atoms with Gasteiger partial charge in [0.2, 0.25) is 0 Å². The first-order valence-electron chi connectivity index (χ1n) is 10.3. The quantitative estimate of drug-likeness (QED) is 0.607. The molecular weight excluding hydrogens is 439 g/mol. The van der Waals surface area contributed by atoms with Crippen LogP contribution in [0.15, 0.2) is 58.4 Å². The minimum absolute atomic E-state index is 0.279. The van der Waals surface area contributed by atoms with Crippen molar-refractivity contribution in [3.63, 3.8) is 0 Å². The fourth-order valence-electron chi connectivity index (χ4n) is 3.55. The third kappa shape index (κ3) is 5.09. The predicted molar refractivity (Wildman–Crippen MR) is 121 cm³/mol. The maximum absolute atomic E-state index is 13.0. The molecule has 0 atom stereocenters. The number of thioether (sulfide) groups is 1. The zero-order chi connectivity index (χ0) is 22.7. The van der Waals surface area contributed by atoms with Crippen molar-refractivity contribution in [1.29, 1.82) is 0 Å². The van der Waals surface area contributed by atoms with Crippen LogP contribution in [0, 0.1) is 0 Å². The third-order valence-corrected chi connectivity index (χ3v) is 6.23. The molecule has 1 saturated heterocycles. The first-order chi connectivity index (χ1) is 15.3. The van der Waals surface area contributed by atoms with Crippen molar-refractivity contribution in [2.24, 2.45) is 4.99 Å². The molecule has 0 aliphatic carbocycles. The summed E-state index contributed by atoms with van der Waals surface area (Å²) in [5, 5.41) is 0.635. The van der Waals surface area contributed by atoms with Gasteiger partial charge in [0.15, 0.2) is 5.17 Å². The number of amides is 1. The van der Waals surface area contributed by atoms with Crippen molar-refractivity contribution in [3.8, 4) is 5.75 Å². The summed E-state index contributed by atoms with van der Waals surface area (Å²) in [6.07, 6.45) is -2.56. The van der Waals surface area contributed by atoms with E-state index in [1.54, 1.807) is 12.1 Å². The van der Waals surface area contributed by atoms with Crippen molar-refractivity contribution in [3.05, 3.63) is 64.6 Å². The highest BCUT2D eigenvalue weighted by atomic mass is 32.2. The molecule has 32 heavy (non-hydrogen) atoms. The van der Waals surface area contributed by atoms with Crippen LogP contribution in [0.3, 0.4) is 0 Å². The number of aliphatic imine (C=N–C) groups is 1. The number of ether oxygens (including phenoxy) is 1. The van der Waals surface area contributed by atoms with Crippen molar-refractivity contribution < 1.29 is 22.7 Å². The van der Waals surface area contributed by atoms with Crippen LogP contribution in [0.1, 0.15) is 18.1 Å². The summed E-state index contributed by atoms with van der Waals surface area (Å²) in [6, 6.07) is 12.9. The van der Waals surface area contributed by atoms with E-state index in [0.29, 0.717) is 48.5 Å². The lowest BCUT2D eigenvalue weighted by molar-refractivity contribution is -0.137. The van der Waals surface area contributed by atoms with E-state index in [-0.39, 0.29) is 5.91 Å². The SMILES string of the molecule is CCOc1ccc(/C=C2/SC(N3CCN(c4cccc(C(F)(F)F)c4)CC3)=NC2=O)cc1. The van der Waals surface area contributed by atoms with Gasteiger partial charge in [0.1, 0.15) is 5.75 Å². The van der Waals surface area contributed by atoms with E-state index < -0.39 is 11.7 Å². The van der Waals surface area contributed by atoms with Crippen molar-refractivity contribution in [1.82, 2.24) is 4.90 Å². The van der Waals surface area contributed by atoms with Gasteiger partial charge in [-0.2, -0.15) is 18.2 Å². The molecule has 4 rings (SSSR count). The maximum Gasteiger partial charge on any atom is 0.416 e. The van der Waals surface area contributed by atoms with Crippen molar-refractivity contribution in [2.75, 3.05) is 37.7 Å². The number of alkyl halides is 3. The van der Waals surface area contributed by atoms with Gasteiger partial charge >= 0.3 is 6.18 Å². The zero-order valence-electron chi connectivity index (χ0n) is 17.4. The summed E-state index contributed by atoms with van der Waals surface area (Å²) in [6.45, 7) is 4.76. The van der Waals surface area contributed by atoms with Crippen LogP contribution in [-0.4, -0.2) is 48.8 Å². The van der Waals surface area contributed by atoms with Gasteiger partial charge in [-0.15, -0.1) is 0 Å². The number of hydrogen-bond acceptors (Lipinski definition) is 5. The number of amidine groups is 1. The Morgan fingerprint density at radius 2 is 1.75 bits per heavy atom. The highest BCUT2D eigenvalue weighted by Gasteiger charge is 2.32. The number of hydrogen-bond donors (Lipinski definition) is 0. The lowest BCUT2D eigenvalue weighted by Gasteiger charge is -2.36. The molecule has 0 N–H and O–H groups in total. The highest BCUT2D eigenvalue weighted by molar-refractivity contribution is 8.18. The fraction of sp³-hybridized carbons (Fsp3) is 0.304. The average Bonchev–Trinajstić information content (AvgIpc) is 3.15. The van der Waals surface area contributed by atoms with Gasteiger partial charge < -0.3 is 14.5 Å². The smallest absolute Gasteiger partial charge is 0.416 e.